The number of hydrogen-bond donors (Lipinski definition) is 3. The molecule has 0 aliphatic carbocycles. The molecule has 1 heterocycles. The van der Waals surface area contributed by atoms with Crippen LogP contribution in [0.5, 0.6) is 0 Å². The van der Waals surface area contributed by atoms with Crippen molar-refractivity contribution in [1.29, 1.82) is 0 Å². The second kappa shape index (κ2) is 9.55. The minimum Gasteiger partial charge on any atom is -0.478 e. The van der Waals surface area contributed by atoms with Crippen molar-refractivity contribution >= 4 is 33.5 Å². The SMILES string of the molecule is CN(C)c1ncc(NS(=O)(=O)c2ccc(F)c(F)c2)cc1C(=O)O.O=C(O)C(F)(F)F. The Morgan fingerprint density at radius 2 is 1.61 bits per heavy atom. The fourth-order valence-electron chi connectivity index (χ4n) is 1.89. The van der Waals surface area contributed by atoms with Gasteiger partial charge in [0.05, 0.1) is 16.8 Å². The summed E-state index contributed by atoms with van der Waals surface area (Å²) in [6, 6.07) is 3.18. The zero-order valence-electron chi connectivity index (χ0n) is 15.6. The Morgan fingerprint density at radius 3 is 2.03 bits per heavy atom. The number of carboxylic acids is 2. The zero-order valence-corrected chi connectivity index (χ0v) is 16.4. The van der Waals surface area contributed by atoms with E-state index in [0.717, 1.165) is 18.3 Å². The second-order valence-electron chi connectivity index (χ2n) is 5.78. The molecule has 0 atom stereocenters. The van der Waals surface area contributed by atoms with Crippen LogP contribution in [0.15, 0.2) is 35.4 Å². The number of anilines is 2. The number of alkyl halides is 3. The lowest BCUT2D eigenvalue weighted by molar-refractivity contribution is -0.192. The average molecular weight is 471 g/mol. The second-order valence-corrected chi connectivity index (χ2v) is 7.46. The van der Waals surface area contributed by atoms with Crippen LogP contribution in [0, 0.1) is 11.6 Å². The molecule has 0 radical (unpaired) electrons. The number of carboxylic acid groups (broad SMARTS) is 2. The van der Waals surface area contributed by atoms with Gasteiger partial charge in [-0.05, 0) is 24.3 Å². The van der Waals surface area contributed by atoms with Crippen molar-refractivity contribution in [1.82, 2.24) is 4.98 Å². The molecular weight excluding hydrogens is 457 g/mol. The van der Waals surface area contributed by atoms with Gasteiger partial charge in [-0.25, -0.2) is 31.8 Å². The van der Waals surface area contributed by atoms with Gasteiger partial charge in [-0.15, -0.1) is 0 Å². The summed E-state index contributed by atoms with van der Waals surface area (Å²) in [6.45, 7) is 0. The van der Waals surface area contributed by atoms with Gasteiger partial charge in [0.1, 0.15) is 11.4 Å². The summed E-state index contributed by atoms with van der Waals surface area (Å²) in [5.74, 6) is -6.41. The fourth-order valence-corrected chi connectivity index (χ4v) is 2.93. The van der Waals surface area contributed by atoms with Gasteiger partial charge in [0.25, 0.3) is 10.0 Å². The topological polar surface area (TPSA) is 137 Å². The maximum Gasteiger partial charge on any atom is 0.490 e. The number of carbonyl (C=O) groups is 2. The summed E-state index contributed by atoms with van der Waals surface area (Å²) >= 11 is 0. The summed E-state index contributed by atoms with van der Waals surface area (Å²) < 4.78 is 84.3. The molecule has 2 aromatic rings. The van der Waals surface area contributed by atoms with Crippen molar-refractivity contribution in [2.45, 2.75) is 11.1 Å². The highest BCUT2D eigenvalue weighted by Gasteiger charge is 2.38. The Kier molecular flexibility index (Phi) is 7.87. The van der Waals surface area contributed by atoms with E-state index >= 15 is 0 Å². The number of pyridine rings is 1. The summed E-state index contributed by atoms with van der Waals surface area (Å²) in [5, 5.41) is 16.3. The number of halogens is 5. The molecule has 0 unspecified atom stereocenters. The highest BCUT2D eigenvalue weighted by Crippen LogP contribution is 2.23. The molecule has 0 aliphatic heterocycles. The standard InChI is InChI=1S/C14H13F2N3O4S.C2HF3O2/c1-19(2)13-10(14(20)21)5-8(7-17-13)18-24(22,23)9-3-4-11(15)12(16)6-9;3-2(4,5)1(6)7/h3-7,18H,1-2H3,(H,20,21);(H,6,7). The van der Waals surface area contributed by atoms with Crippen molar-refractivity contribution < 1.29 is 50.2 Å². The lowest BCUT2D eigenvalue weighted by Gasteiger charge is -2.15. The predicted molar refractivity (Wildman–Crippen MR) is 96.4 cm³/mol. The zero-order chi connectivity index (χ0) is 24.1. The molecule has 0 fully saturated rings. The van der Waals surface area contributed by atoms with E-state index in [4.69, 9.17) is 9.90 Å². The van der Waals surface area contributed by atoms with Gasteiger partial charge in [0.15, 0.2) is 11.6 Å². The molecule has 170 valence electrons. The molecule has 0 saturated carbocycles. The first-order valence-corrected chi connectivity index (χ1v) is 9.23. The maximum atomic E-state index is 13.2. The smallest absolute Gasteiger partial charge is 0.478 e. The van der Waals surface area contributed by atoms with Crippen molar-refractivity contribution in [3.8, 4) is 0 Å². The van der Waals surface area contributed by atoms with Crippen molar-refractivity contribution in [3.05, 3.63) is 47.7 Å². The number of aliphatic carboxylic acids is 1. The van der Waals surface area contributed by atoms with Crippen molar-refractivity contribution in [2.24, 2.45) is 0 Å². The van der Waals surface area contributed by atoms with Crippen LogP contribution in [0.2, 0.25) is 0 Å². The molecule has 1 aromatic carbocycles. The number of hydrogen-bond acceptors (Lipinski definition) is 6. The van der Waals surface area contributed by atoms with E-state index < -0.39 is 44.7 Å². The van der Waals surface area contributed by atoms with Gasteiger partial charge < -0.3 is 15.1 Å². The van der Waals surface area contributed by atoms with Gasteiger partial charge in [-0.3, -0.25) is 4.72 Å². The largest absolute Gasteiger partial charge is 0.490 e. The molecular formula is C16H14F5N3O6S. The number of rotatable bonds is 5. The lowest BCUT2D eigenvalue weighted by Crippen LogP contribution is -2.21. The Morgan fingerprint density at radius 1 is 1.06 bits per heavy atom. The summed E-state index contributed by atoms with van der Waals surface area (Å²) in [4.78, 5) is 25.0. The Balaban J connectivity index is 0.000000592. The maximum absolute atomic E-state index is 13.2. The summed E-state index contributed by atoms with van der Waals surface area (Å²) in [5.41, 5.74) is -0.340. The third-order valence-electron chi connectivity index (χ3n) is 3.22. The van der Waals surface area contributed by atoms with Crippen LogP contribution in [0.1, 0.15) is 10.4 Å². The third-order valence-corrected chi connectivity index (χ3v) is 4.60. The molecule has 2 rings (SSSR count). The first kappa shape index (κ1) is 25.5. The van der Waals surface area contributed by atoms with Crippen LogP contribution in [-0.4, -0.2) is 55.8 Å². The number of sulfonamides is 1. The van der Waals surface area contributed by atoms with E-state index in [9.17, 15) is 40.3 Å². The molecule has 9 nitrogen and oxygen atoms in total. The van der Waals surface area contributed by atoms with E-state index in [2.05, 4.69) is 9.71 Å². The molecule has 1 aromatic heterocycles. The van der Waals surface area contributed by atoms with Gasteiger partial charge in [0.2, 0.25) is 0 Å². The highest BCUT2D eigenvalue weighted by atomic mass is 32.2. The van der Waals surface area contributed by atoms with E-state index in [1.807, 2.05) is 0 Å². The molecule has 0 bridgehead atoms. The molecule has 3 N–H and O–H groups in total. The lowest BCUT2D eigenvalue weighted by atomic mass is 10.2. The first-order valence-electron chi connectivity index (χ1n) is 7.75. The minimum atomic E-state index is -5.08. The summed E-state index contributed by atoms with van der Waals surface area (Å²) in [6.07, 6.45) is -3.96. The van der Waals surface area contributed by atoms with Gasteiger partial charge in [-0.2, -0.15) is 13.2 Å². The fraction of sp³-hybridized carbons (Fsp3) is 0.188. The van der Waals surface area contributed by atoms with Gasteiger partial charge >= 0.3 is 18.1 Å². The first-order chi connectivity index (χ1) is 14.1. The number of aromatic carboxylic acids is 1. The van der Waals surface area contributed by atoms with Crippen molar-refractivity contribution in [2.75, 3.05) is 23.7 Å². The number of nitrogens with one attached hydrogen (secondary N) is 1. The number of nitrogens with zero attached hydrogens (tertiary/aromatic N) is 2. The van der Waals surface area contributed by atoms with E-state index in [1.54, 1.807) is 14.1 Å². The van der Waals surface area contributed by atoms with E-state index in [0.29, 0.717) is 12.1 Å². The Bertz CT molecular complexity index is 1090. The predicted octanol–water partition coefficient (Wildman–Crippen LogP) is 2.56. The molecule has 0 amide bonds. The number of aromatic nitrogens is 1. The normalized spacial score (nSPS) is 11.2. The van der Waals surface area contributed by atoms with Gasteiger partial charge in [-0.1, -0.05) is 0 Å². The molecule has 15 heteroatoms. The Hall–Kier alpha value is -3.49. The molecule has 0 saturated heterocycles. The van der Waals surface area contributed by atoms with Crippen LogP contribution < -0.4 is 9.62 Å². The van der Waals surface area contributed by atoms with Crippen LogP contribution in [0.25, 0.3) is 0 Å². The molecule has 31 heavy (non-hydrogen) atoms. The average Bonchev–Trinajstić information content (AvgIpc) is 2.63. The summed E-state index contributed by atoms with van der Waals surface area (Å²) in [7, 11) is -1.06. The van der Waals surface area contributed by atoms with E-state index in [1.165, 1.54) is 4.90 Å². The van der Waals surface area contributed by atoms with Crippen LogP contribution in [0.3, 0.4) is 0 Å². The number of benzene rings is 1. The quantitative estimate of drug-likeness (QED) is 0.566. The van der Waals surface area contributed by atoms with Crippen molar-refractivity contribution in [3.63, 3.8) is 0 Å². The third kappa shape index (κ3) is 7.06. The molecule has 0 spiro atoms. The van der Waals surface area contributed by atoms with E-state index in [-0.39, 0.29) is 17.1 Å². The highest BCUT2D eigenvalue weighted by molar-refractivity contribution is 7.92. The van der Waals surface area contributed by atoms with Crippen LogP contribution in [0.4, 0.5) is 33.5 Å². The van der Waals surface area contributed by atoms with Gasteiger partial charge in [0, 0.05) is 14.1 Å². The van der Waals surface area contributed by atoms with Crippen LogP contribution >= 0.6 is 0 Å². The minimum absolute atomic E-state index is 0.122. The monoisotopic (exact) mass is 471 g/mol. The van der Waals surface area contributed by atoms with Crippen LogP contribution in [-0.2, 0) is 14.8 Å². The Labute approximate surface area is 171 Å². The molecule has 0 aliphatic rings.